The first kappa shape index (κ1) is 21.7. The van der Waals surface area contributed by atoms with Gasteiger partial charge in [0.15, 0.2) is 0 Å². The summed E-state index contributed by atoms with van der Waals surface area (Å²) in [7, 11) is 3.04. The maximum atomic E-state index is 13.5. The highest BCUT2D eigenvalue weighted by atomic mass is 19.1. The molecule has 3 N–H and O–H groups in total. The molecule has 0 aliphatic carbocycles. The first-order valence-electron chi connectivity index (χ1n) is 9.41. The van der Waals surface area contributed by atoms with Crippen LogP contribution in [-0.2, 0) is 7.05 Å². The molecule has 2 heterocycles. The fourth-order valence-electron chi connectivity index (χ4n) is 2.68. The molecule has 0 bridgehead atoms. The van der Waals surface area contributed by atoms with Gasteiger partial charge in [0.2, 0.25) is 0 Å². The van der Waals surface area contributed by atoms with Crippen LogP contribution in [0.5, 0.6) is 5.88 Å². The summed E-state index contributed by atoms with van der Waals surface area (Å²) in [6.45, 7) is 3.79. The molecular formula is C20H22FN7O3. The Labute approximate surface area is 177 Å². The van der Waals surface area contributed by atoms with Crippen LogP contribution in [0, 0.1) is 5.82 Å². The van der Waals surface area contributed by atoms with E-state index in [1.165, 1.54) is 42.3 Å². The number of hydrogen-bond acceptors (Lipinski definition) is 7. The van der Waals surface area contributed by atoms with Crippen molar-refractivity contribution in [1.82, 2.24) is 25.1 Å². The summed E-state index contributed by atoms with van der Waals surface area (Å²) < 4.78 is 20.2. The highest BCUT2D eigenvalue weighted by Gasteiger charge is 2.20. The standard InChI is InChI=1S/C20H22FN7O3/c1-11(2)17-23-9-15(25-13-7-5-6-12(21)8-13)19(27-17)31-20(30)26-14-10-24-28(4)16(14)18(29)22-3/h5-11,25H,1-4H3,(H,22,29)(H,26,30). The molecule has 0 radical (unpaired) electrons. The lowest BCUT2D eigenvalue weighted by Gasteiger charge is -2.14. The molecule has 0 unspecified atom stereocenters. The number of carbonyl (C=O) groups excluding carboxylic acids is 2. The van der Waals surface area contributed by atoms with Gasteiger partial charge in [0.05, 0.1) is 18.1 Å². The quantitative estimate of drug-likeness (QED) is 0.552. The minimum atomic E-state index is -0.881. The van der Waals surface area contributed by atoms with Crippen molar-refractivity contribution >= 4 is 29.1 Å². The molecule has 0 spiro atoms. The number of halogens is 1. The van der Waals surface area contributed by atoms with Gasteiger partial charge in [-0.25, -0.2) is 14.2 Å². The number of ether oxygens (including phenoxy) is 1. The molecule has 0 fully saturated rings. The lowest BCUT2D eigenvalue weighted by molar-refractivity contribution is 0.0954. The largest absolute Gasteiger partial charge is 0.418 e. The van der Waals surface area contributed by atoms with Gasteiger partial charge in [-0.1, -0.05) is 19.9 Å². The summed E-state index contributed by atoms with van der Waals surface area (Å²) in [5.41, 5.74) is 1.02. The second-order valence-electron chi connectivity index (χ2n) is 6.86. The molecule has 0 atom stereocenters. The zero-order chi connectivity index (χ0) is 22.5. The zero-order valence-electron chi connectivity index (χ0n) is 17.4. The Kier molecular flexibility index (Phi) is 6.43. The zero-order valence-corrected chi connectivity index (χ0v) is 17.4. The van der Waals surface area contributed by atoms with Crippen molar-refractivity contribution in [1.29, 1.82) is 0 Å². The van der Waals surface area contributed by atoms with Crippen molar-refractivity contribution in [3.63, 3.8) is 0 Å². The molecule has 0 aliphatic rings. The van der Waals surface area contributed by atoms with E-state index in [4.69, 9.17) is 4.74 Å². The van der Waals surface area contributed by atoms with Crippen LogP contribution in [0.3, 0.4) is 0 Å². The number of hydrogen-bond donors (Lipinski definition) is 3. The predicted molar refractivity (Wildman–Crippen MR) is 112 cm³/mol. The van der Waals surface area contributed by atoms with Crippen LogP contribution in [0.4, 0.5) is 26.2 Å². The number of carbonyl (C=O) groups is 2. The van der Waals surface area contributed by atoms with E-state index in [2.05, 4.69) is 31.0 Å². The Morgan fingerprint density at radius 2 is 1.97 bits per heavy atom. The minimum Gasteiger partial charge on any atom is -0.389 e. The fraction of sp³-hybridized carbons (Fsp3) is 0.250. The van der Waals surface area contributed by atoms with Gasteiger partial charge >= 0.3 is 6.09 Å². The Hall–Kier alpha value is -4.02. The average molecular weight is 427 g/mol. The maximum absolute atomic E-state index is 13.5. The van der Waals surface area contributed by atoms with Gasteiger partial charge in [-0.05, 0) is 18.2 Å². The van der Waals surface area contributed by atoms with Gasteiger partial charge in [0, 0.05) is 25.7 Å². The predicted octanol–water partition coefficient (Wildman–Crippen LogP) is 3.19. The number of rotatable bonds is 6. The highest BCUT2D eigenvalue weighted by Crippen LogP contribution is 2.27. The van der Waals surface area contributed by atoms with E-state index < -0.39 is 17.8 Å². The molecule has 0 saturated heterocycles. The number of nitrogens with zero attached hydrogens (tertiary/aromatic N) is 4. The van der Waals surface area contributed by atoms with Crippen LogP contribution < -0.4 is 20.7 Å². The summed E-state index contributed by atoms with van der Waals surface area (Å²) in [6, 6.07) is 5.78. The van der Waals surface area contributed by atoms with Crippen molar-refractivity contribution in [3.8, 4) is 5.88 Å². The van der Waals surface area contributed by atoms with E-state index >= 15 is 0 Å². The number of benzene rings is 1. The van der Waals surface area contributed by atoms with Gasteiger partial charge in [0.25, 0.3) is 11.8 Å². The topological polar surface area (TPSA) is 123 Å². The third kappa shape index (κ3) is 5.13. The van der Waals surface area contributed by atoms with E-state index in [-0.39, 0.29) is 28.9 Å². The van der Waals surface area contributed by atoms with Crippen LogP contribution in [0.25, 0.3) is 0 Å². The van der Waals surface area contributed by atoms with Crippen LogP contribution in [0.2, 0.25) is 0 Å². The SMILES string of the molecule is CNC(=O)c1c(NC(=O)Oc2nc(C(C)C)ncc2Nc2cccc(F)c2)cnn1C. The van der Waals surface area contributed by atoms with Crippen molar-refractivity contribution in [3.05, 3.63) is 54.0 Å². The number of aromatic nitrogens is 4. The molecule has 31 heavy (non-hydrogen) atoms. The van der Waals surface area contributed by atoms with Gasteiger partial charge in [-0.3, -0.25) is 14.8 Å². The summed E-state index contributed by atoms with van der Waals surface area (Å²) in [4.78, 5) is 33.1. The van der Waals surface area contributed by atoms with E-state index in [1.54, 1.807) is 13.1 Å². The minimum absolute atomic E-state index is 0.0215. The summed E-state index contributed by atoms with van der Waals surface area (Å²) in [6.07, 6.45) is 1.90. The molecule has 10 nitrogen and oxygen atoms in total. The lowest BCUT2D eigenvalue weighted by atomic mass is 10.2. The van der Waals surface area contributed by atoms with Gasteiger partial charge in [-0.2, -0.15) is 10.1 Å². The number of amides is 2. The molecule has 3 aromatic rings. The monoisotopic (exact) mass is 427 g/mol. The van der Waals surface area contributed by atoms with Crippen LogP contribution >= 0.6 is 0 Å². The highest BCUT2D eigenvalue weighted by molar-refractivity contribution is 6.01. The van der Waals surface area contributed by atoms with Crippen molar-refractivity contribution in [2.45, 2.75) is 19.8 Å². The molecule has 0 saturated carbocycles. The smallest absolute Gasteiger partial charge is 0.389 e. The van der Waals surface area contributed by atoms with Gasteiger partial charge in [-0.15, -0.1) is 0 Å². The second kappa shape index (κ2) is 9.20. The summed E-state index contributed by atoms with van der Waals surface area (Å²) in [5, 5.41) is 11.9. The Morgan fingerprint density at radius 1 is 1.19 bits per heavy atom. The van der Waals surface area contributed by atoms with E-state index in [1.807, 2.05) is 13.8 Å². The Balaban J connectivity index is 1.86. The molecule has 0 aliphatic heterocycles. The average Bonchev–Trinajstić information content (AvgIpc) is 3.08. The fourth-order valence-corrected chi connectivity index (χ4v) is 2.68. The molecular weight excluding hydrogens is 405 g/mol. The first-order valence-corrected chi connectivity index (χ1v) is 9.41. The second-order valence-corrected chi connectivity index (χ2v) is 6.86. The van der Waals surface area contributed by atoms with Crippen molar-refractivity contribution in [2.75, 3.05) is 17.7 Å². The van der Waals surface area contributed by atoms with Crippen molar-refractivity contribution in [2.24, 2.45) is 7.05 Å². The normalized spacial score (nSPS) is 10.6. The first-order chi connectivity index (χ1) is 14.8. The Bertz CT molecular complexity index is 1110. The molecule has 3 rings (SSSR count). The number of anilines is 3. The molecule has 1 aromatic carbocycles. The molecule has 162 valence electrons. The lowest BCUT2D eigenvalue weighted by Crippen LogP contribution is -2.25. The summed E-state index contributed by atoms with van der Waals surface area (Å²) in [5.74, 6) is -0.464. The number of aryl methyl sites for hydroxylation is 1. The number of nitrogens with one attached hydrogen (secondary N) is 3. The van der Waals surface area contributed by atoms with Crippen molar-refractivity contribution < 1.29 is 18.7 Å². The Morgan fingerprint density at radius 3 is 2.65 bits per heavy atom. The third-order valence-electron chi connectivity index (χ3n) is 4.20. The molecule has 2 aromatic heterocycles. The van der Waals surface area contributed by atoms with Gasteiger partial charge in [0.1, 0.15) is 23.0 Å². The third-order valence-corrected chi connectivity index (χ3v) is 4.20. The van der Waals surface area contributed by atoms with E-state index in [0.29, 0.717) is 11.5 Å². The van der Waals surface area contributed by atoms with E-state index in [9.17, 15) is 14.0 Å². The van der Waals surface area contributed by atoms with Gasteiger partial charge < -0.3 is 15.4 Å². The van der Waals surface area contributed by atoms with Crippen LogP contribution in [0.15, 0.2) is 36.7 Å². The van der Waals surface area contributed by atoms with E-state index in [0.717, 1.165) is 0 Å². The molecule has 2 amide bonds. The van der Waals surface area contributed by atoms with Crippen LogP contribution in [0.1, 0.15) is 36.1 Å². The molecule has 11 heteroatoms. The maximum Gasteiger partial charge on any atom is 0.418 e. The summed E-state index contributed by atoms with van der Waals surface area (Å²) >= 11 is 0. The van der Waals surface area contributed by atoms with Crippen LogP contribution in [-0.4, -0.2) is 38.8 Å².